The number of nitrogens with one attached hydrogen (secondary N) is 1. The number of methoxy groups -OCH3 is 1. The Morgan fingerprint density at radius 3 is 2.58 bits per heavy atom. The molecule has 0 aliphatic rings. The van der Waals surface area contributed by atoms with Gasteiger partial charge in [-0.25, -0.2) is 0 Å². The molecule has 0 bridgehead atoms. The fourth-order valence-corrected chi connectivity index (χ4v) is 0.830. The molecule has 0 spiro atoms. The summed E-state index contributed by atoms with van der Waals surface area (Å²) in [6.45, 7) is 6.79. The van der Waals surface area contributed by atoms with Crippen molar-refractivity contribution in [1.29, 1.82) is 0 Å². The molecule has 1 N–H and O–H groups in total. The molecule has 1 heterocycles. The summed E-state index contributed by atoms with van der Waals surface area (Å²) in [5.41, 5.74) is 2.37. The maximum Gasteiger partial charge on any atom is 0.0519 e. The molecule has 0 saturated carbocycles. The van der Waals surface area contributed by atoms with E-state index in [1.54, 1.807) is 7.11 Å². The quantitative estimate of drug-likeness (QED) is 0.752. The number of H-pyrrole nitrogens is 1. The lowest BCUT2D eigenvalue weighted by molar-refractivity contribution is 0.201. The van der Waals surface area contributed by atoms with Crippen molar-refractivity contribution in [3.05, 3.63) is 17.5 Å². The lowest BCUT2D eigenvalue weighted by atomic mass is 10.2. The molecular formula is C9H18N2O. The average molecular weight is 170 g/mol. The first-order valence-corrected chi connectivity index (χ1v) is 4.32. The van der Waals surface area contributed by atoms with Gasteiger partial charge in [-0.1, -0.05) is 13.8 Å². The summed E-state index contributed by atoms with van der Waals surface area (Å²) in [6, 6.07) is 0. The second kappa shape index (κ2) is 6.85. The molecule has 1 rings (SSSR count). The lowest BCUT2D eigenvalue weighted by Gasteiger charge is -1.96. The zero-order valence-electron chi connectivity index (χ0n) is 8.35. The number of hydrogen-bond acceptors (Lipinski definition) is 2. The largest absolute Gasteiger partial charge is 0.384 e. The summed E-state index contributed by atoms with van der Waals surface area (Å²) < 4.78 is 4.92. The summed E-state index contributed by atoms with van der Waals surface area (Å²) in [6.07, 6.45) is 2.74. The van der Waals surface area contributed by atoms with Crippen LogP contribution in [0.3, 0.4) is 0 Å². The molecule has 1 aromatic rings. The maximum atomic E-state index is 4.92. The van der Waals surface area contributed by atoms with Gasteiger partial charge in [0.05, 0.1) is 12.8 Å². The molecule has 12 heavy (non-hydrogen) atoms. The van der Waals surface area contributed by atoms with Gasteiger partial charge in [0.25, 0.3) is 0 Å². The first-order chi connectivity index (χ1) is 5.84. The molecule has 0 aromatic carbocycles. The molecule has 0 aliphatic carbocycles. The number of aromatic amines is 1. The molecule has 0 aliphatic heterocycles. The van der Waals surface area contributed by atoms with Gasteiger partial charge >= 0.3 is 0 Å². The SMILES string of the molecule is CC.COCCc1[nH]ncc1C. The number of rotatable bonds is 3. The fourth-order valence-electron chi connectivity index (χ4n) is 0.830. The topological polar surface area (TPSA) is 37.9 Å². The van der Waals surface area contributed by atoms with Crippen LogP contribution in [0.2, 0.25) is 0 Å². The molecular weight excluding hydrogens is 152 g/mol. The highest BCUT2D eigenvalue weighted by atomic mass is 16.5. The minimum Gasteiger partial charge on any atom is -0.384 e. The molecule has 0 amide bonds. The van der Waals surface area contributed by atoms with E-state index in [0.717, 1.165) is 13.0 Å². The van der Waals surface area contributed by atoms with Gasteiger partial charge in [0, 0.05) is 19.2 Å². The van der Waals surface area contributed by atoms with Crippen molar-refractivity contribution in [3.8, 4) is 0 Å². The minimum absolute atomic E-state index is 0.753. The molecule has 1 aromatic heterocycles. The van der Waals surface area contributed by atoms with Crippen LogP contribution in [0.25, 0.3) is 0 Å². The Bertz CT molecular complexity index is 196. The van der Waals surface area contributed by atoms with Gasteiger partial charge in [0.1, 0.15) is 0 Å². The Labute approximate surface area is 74.1 Å². The number of ether oxygens (including phenoxy) is 1. The summed E-state index contributed by atoms with van der Waals surface area (Å²) in [4.78, 5) is 0. The number of hydrogen-bond donors (Lipinski definition) is 1. The number of nitrogens with zero attached hydrogens (tertiary/aromatic N) is 1. The number of aromatic nitrogens is 2. The first-order valence-electron chi connectivity index (χ1n) is 4.32. The molecule has 0 radical (unpaired) electrons. The van der Waals surface area contributed by atoms with Crippen molar-refractivity contribution in [2.75, 3.05) is 13.7 Å². The predicted molar refractivity (Wildman–Crippen MR) is 50.3 cm³/mol. The Balaban J connectivity index is 0.000000561. The summed E-state index contributed by atoms with van der Waals surface area (Å²) in [7, 11) is 1.70. The Kier molecular flexibility index (Phi) is 6.38. The summed E-state index contributed by atoms with van der Waals surface area (Å²) >= 11 is 0. The summed E-state index contributed by atoms with van der Waals surface area (Å²) in [5.74, 6) is 0. The van der Waals surface area contributed by atoms with E-state index < -0.39 is 0 Å². The smallest absolute Gasteiger partial charge is 0.0519 e. The van der Waals surface area contributed by atoms with Gasteiger partial charge in [0.2, 0.25) is 0 Å². The Hall–Kier alpha value is -0.830. The second-order valence-electron chi connectivity index (χ2n) is 2.27. The van der Waals surface area contributed by atoms with Gasteiger partial charge in [-0.05, 0) is 12.5 Å². The van der Waals surface area contributed by atoms with Crippen LogP contribution in [-0.2, 0) is 11.2 Å². The highest BCUT2D eigenvalue weighted by molar-refractivity contribution is 5.13. The second-order valence-corrected chi connectivity index (χ2v) is 2.27. The van der Waals surface area contributed by atoms with E-state index in [0.29, 0.717) is 0 Å². The standard InChI is InChI=1S/C7H12N2O.C2H6/c1-6-5-8-9-7(6)3-4-10-2;1-2/h5H,3-4H2,1-2H3,(H,8,9);1-2H3. The van der Waals surface area contributed by atoms with Crippen LogP contribution >= 0.6 is 0 Å². The third-order valence-corrected chi connectivity index (χ3v) is 1.49. The van der Waals surface area contributed by atoms with E-state index in [1.165, 1.54) is 11.3 Å². The third-order valence-electron chi connectivity index (χ3n) is 1.49. The highest BCUT2D eigenvalue weighted by Crippen LogP contribution is 2.01. The molecule has 0 saturated heterocycles. The van der Waals surface area contributed by atoms with Gasteiger partial charge in [0.15, 0.2) is 0 Å². The minimum atomic E-state index is 0.753. The van der Waals surface area contributed by atoms with Crippen molar-refractivity contribution in [1.82, 2.24) is 10.2 Å². The van der Waals surface area contributed by atoms with Crippen molar-refractivity contribution in [2.45, 2.75) is 27.2 Å². The van der Waals surface area contributed by atoms with E-state index in [2.05, 4.69) is 10.2 Å². The zero-order valence-corrected chi connectivity index (χ0v) is 8.35. The van der Waals surface area contributed by atoms with Crippen molar-refractivity contribution >= 4 is 0 Å². The van der Waals surface area contributed by atoms with E-state index in [-0.39, 0.29) is 0 Å². The van der Waals surface area contributed by atoms with Crippen LogP contribution < -0.4 is 0 Å². The highest BCUT2D eigenvalue weighted by Gasteiger charge is 1.97. The van der Waals surface area contributed by atoms with Crippen molar-refractivity contribution in [3.63, 3.8) is 0 Å². The van der Waals surface area contributed by atoms with Gasteiger partial charge < -0.3 is 4.74 Å². The van der Waals surface area contributed by atoms with E-state index in [4.69, 9.17) is 4.74 Å². The van der Waals surface area contributed by atoms with Crippen molar-refractivity contribution < 1.29 is 4.74 Å². The average Bonchev–Trinajstić information content (AvgIpc) is 2.51. The van der Waals surface area contributed by atoms with Crippen molar-refractivity contribution in [2.24, 2.45) is 0 Å². The molecule has 0 fully saturated rings. The van der Waals surface area contributed by atoms with Gasteiger partial charge in [-0.15, -0.1) is 0 Å². The normalized spacial score (nSPS) is 9.00. The first kappa shape index (κ1) is 11.2. The van der Waals surface area contributed by atoms with Crippen LogP contribution in [0.1, 0.15) is 25.1 Å². The lowest BCUT2D eigenvalue weighted by Crippen LogP contribution is -1.96. The third kappa shape index (κ3) is 3.53. The predicted octanol–water partition coefficient (Wildman–Crippen LogP) is 1.93. The zero-order chi connectivity index (χ0) is 9.40. The molecule has 3 nitrogen and oxygen atoms in total. The Morgan fingerprint density at radius 1 is 1.50 bits per heavy atom. The molecule has 0 atom stereocenters. The van der Waals surface area contributed by atoms with Crippen LogP contribution in [0.5, 0.6) is 0 Å². The van der Waals surface area contributed by atoms with Crippen LogP contribution in [0, 0.1) is 6.92 Å². The maximum absolute atomic E-state index is 4.92. The van der Waals surface area contributed by atoms with Crippen LogP contribution in [0.15, 0.2) is 6.20 Å². The molecule has 0 unspecified atom stereocenters. The fraction of sp³-hybridized carbons (Fsp3) is 0.667. The van der Waals surface area contributed by atoms with E-state index >= 15 is 0 Å². The number of aryl methyl sites for hydroxylation is 1. The molecule has 70 valence electrons. The van der Waals surface area contributed by atoms with Gasteiger partial charge in [-0.3, -0.25) is 5.10 Å². The summed E-state index contributed by atoms with van der Waals surface area (Å²) in [5, 5.41) is 6.80. The van der Waals surface area contributed by atoms with Gasteiger partial charge in [-0.2, -0.15) is 5.10 Å². The Morgan fingerprint density at radius 2 is 2.17 bits per heavy atom. The van der Waals surface area contributed by atoms with Crippen LogP contribution in [-0.4, -0.2) is 23.9 Å². The van der Waals surface area contributed by atoms with Crippen LogP contribution in [0.4, 0.5) is 0 Å². The van der Waals surface area contributed by atoms with E-state index in [9.17, 15) is 0 Å². The monoisotopic (exact) mass is 170 g/mol. The molecule has 3 heteroatoms. The van der Waals surface area contributed by atoms with E-state index in [1.807, 2.05) is 27.0 Å².